The first kappa shape index (κ1) is 17.8. The first-order valence-electron chi connectivity index (χ1n) is 8.08. The Morgan fingerprint density at radius 1 is 1.17 bits per heavy atom. The Morgan fingerprint density at radius 2 is 1.79 bits per heavy atom. The Balaban J connectivity index is 1.81. The number of nitrogens with two attached hydrogens (primary N) is 2. The lowest BCUT2D eigenvalue weighted by Gasteiger charge is -2.26. The highest BCUT2D eigenvalue weighted by Crippen LogP contribution is 2.30. The Bertz CT molecular complexity index is 601. The fourth-order valence-electron chi connectivity index (χ4n) is 2.82. The zero-order valence-electron chi connectivity index (χ0n) is 13.8. The molecule has 7 heteroatoms. The molecule has 7 nitrogen and oxygen atoms in total. The smallest absolute Gasteiger partial charge is 0.314 e. The molecule has 1 saturated carbocycles. The van der Waals surface area contributed by atoms with Crippen LogP contribution in [0, 0.1) is 11.8 Å². The van der Waals surface area contributed by atoms with Crippen molar-refractivity contribution in [3.05, 3.63) is 24.3 Å². The third-order valence-electron chi connectivity index (χ3n) is 4.11. The van der Waals surface area contributed by atoms with Crippen LogP contribution in [0.25, 0.3) is 0 Å². The number of guanidine groups is 1. The minimum Gasteiger partial charge on any atom is -0.426 e. The fraction of sp³-hybridized carbons (Fsp3) is 0.471. The summed E-state index contributed by atoms with van der Waals surface area (Å²) in [6, 6.07) is 6.76. The van der Waals surface area contributed by atoms with Gasteiger partial charge >= 0.3 is 5.97 Å². The molecule has 1 aromatic rings. The van der Waals surface area contributed by atoms with Gasteiger partial charge in [-0.3, -0.25) is 14.6 Å². The highest BCUT2D eigenvalue weighted by Gasteiger charge is 2.27. The van der Waals surface area contributed by atoms with Crippen molar-refractivity contribution in [1.29, 1.82) is 0 Å². The van der Waals surface area contributed by atoms with Crippen molar-refractivity contribution in [2.24, 2.45) is 28.3 Å². The molecule has 0 heterocycles. The summed E-state index contributed by atoms with van der Waals surface area (Å²) in [5.74, 6) is 0.583. The van der Waals surface area contributed by atoms with Crippen molar-refractivity contribution in [2.45, 2.75) is 32.6 Å². The van der Waals surface area contributed by atoms with E-state index in [1.165, 1.54) is 6.92 Å². The summed E-state index contributed by atoms with van der Waals surface area (Å²) in [6.07, 6.45) is 3.40. The number of carbonyl (C=O) groups excluding carboxylic acids is 2. The molecule has 5 N–H and O–H groups in total. The molecule has 1 amide bonds. The van der Waals surface area contributed by atoms with Gasteiger partial charge in [0.05, 0.1) is 5.92 Å². The van der Waals surface area contributed by atoms with Crippen LogP contribution >= 0.6 is 0 Å². The van der Waals surface area contributed by atoms with Crippen LogP contribution in [0.3, 0.4) is 0 Å². The number of benzene rings is 1. The number of nitrogens with zero attached hydrogens (tertiary/aromatic N) is 1. The highest BCUT2D eigenvalue weighted by atomic mass is 16.5. The number of rotatable bonds is 5. The molecule has 0 aromatic heterocycles. The molecule has 24 heavy (non-hydrogen) atoms. The van der Waals surface area contributed by atoms with E-state index in [-0.39, 0.29) is 23.8 Å². The first-order chi connectivity index (χ1) is 11.4. The van der Waals surface area contributed by atoms with Crippen LogP contribution in [-0.2, 0) is 9.59 Å². The summed E-state index contributed by atoms with van der Waals surface area (Å²) in [6.45, 7) is 2.06. The van der Waals surface area contributed by atoms with Crippen LogP contribution in [0.2, 0.25) is 0 Å². The first-order valence-corrected chi connectivity index (χ1v) is 8.08. The summed E-state index contributed by atoms with van der Waals surface area (Å²) >= 11 is 0. The number of amides is 1. The van der Waals surface area contributed by atoms with E-state index >= 15 is 0 Å². The van der Waals surface area contributed by atoms with E-state index in [0.717, 1.165) is 25.7 Å². The number of esters is 1. The molecule has 1 aliphatic rings. The van der Waals surface area contributed by atoms with Gasteiger partial charge in [-0.2, -0.15) is 0 Å². The van der Waals surface area contributed by atoms with Gasteiger partial charge in [0.2, 0.25) is 5.91 Å². The number of hydrogen-bond donors (Lipinski definition) is 3. The molecular formula is C17H24N4O3. The van der Waals surface area contributed by atoms with E-state index in [1.54, 1.807) is 24.3 Å². The highest BCUT2D eigenvalue weighted by molar-refractivity contribution is 5.88. The second-order valence-corrected chi connectivity index (χ2v) is 6.11. The van der Waals surface area contributed by atoms with Crippen LogP contribution in [0.4, 0.5) is 5.69 Å². The van der Waals surface area contributed by atoms with E-state index in [4.69, 9.17) is 16.2 Å². The Morgan fingerprint density at radius 3 is 2.33 bits per heavy atom. The average molecular weight is 332 g/mol. The monoisotopic (exact) mass is 332 g/mol. The molecule has 2 rings (SSSR count). The van der Waals surface area contributed by atoms with E-state index in [9.17, 15) is 9.59 Å². The lowest BCUT2D eigenvalue weighted by Crippen LogP contribution is -2.28. The SMILES string of the molecule is CC(=O)Nc1ccc(OC(=O)C2CCC(CN=C(N)N)CC2)cc1. The van der Waals surface area contributed by atoms with Crippen molar-refractivity contribution >= 4 is 23.5 Å². The molecule has 0 saturated heterocycles. The van der Waals surface area contributed by atoms with Gasteiger partial charge in [-0.1, -0.05) is 0 Å². The zero-order valence-corrected chi connectivity index (χ0v) is 13.8. The lowest BCUT2D eigenvalue weighted by atomic mass is 9.82. The molecule has 1 fully saturated rings. The number of hydrogen-bond acceptors (Lipinski definition) is 4. The van der Waals surface area contributed by atoms with E-state index in [1.807, 2.05) is 0 Å². The average Bonchev–Trinajstić information content (AvgIpc) is 2.54. The van der Waals surface area contributed by atoms with Crippen molar-refractivity contribution in [3.63, 3.8) is 0 Å². The maximum absolute atomic E-state index is 12.2. The Kier molecular flexibility index (Phi) is 6.17. The molecule has 1 aromatic carbocycles. The van der Waals surface area contributed by atoms with Gasteiger partial charge in [-0.05, 0) is 55.9 Å². The minimum atomic E-state index is -0.206. The molecule has 0 radical (unpaired) electrons. The predicted molar refractivity (Wildman–Crippen MR) is 92.5 cm³/mol. The number of aliphatic imine (C=N–C) groups is 1. The third-order valence-corrected chi connectivity index (χ3v) is 4.11. The van der Waals surface area contributed by atoms with E-state index in [2.05, 4.69) is 10.3 Å². The van der Waals surface area contributed by atoms with Gasteiger partial charge in [-0.25, -0.2) is 0 Å². The third kappa shape index (κ3) is 5.57. The van der Waals surface area contributed by atoms with Crippen LogP contribution in [0.5, 0.6) is 5.75 Å². The van der Waals surface area contributed by atoms with Crippen molar-refractivity contribution < 1.29 is 14.3 Å². The summed E-state index contributed by atoms with van der Waals surface area (Å²) in [5.41, 5.74) is 11.3. The summed E-state index contributed by atoms with van der Waals surface area (Å²) in [7, 11) is 0. The minimum absolute atomic E-state index is 0.0875. The maximum Gasteiger partial charge on any atom is 0.314 e. The van der Waals surface area contributed by atoms with Crippen LogP contribution in [-0.4, -0.2) is 24.4 Å². The Labute approximate surface area is 141 Å². The normalized spacial score (nSPS) is 20.0. The number of ether oxygens (including phenoxy) is 1. The van der Waals surface area contributed by atoms with Gasteiger partial charge in [-0.15, -0.1) is 0 Å². The second-order valence-electron chi connectivity index (χ2n) is 6.11. The van der Waals surface area contributed by atoms with Crippen molar-refractivity contribution in [1.82, 2.24) is 0 Å². The molecule has 0 bridgehead atoms. The van der Waals surface area contributed by atoms with Gasteiger partial charge < -0.3 is 21.5 Å². The molecule has 0 atom stereocenters. The van der Waals surface area contributed by atoms with Crippen LogP contribution in [0.1, 0.15) is 32.6 Å². The molecule has 0 aliphatic heterocycles. The van der Waals surface area contributed by atoms with Gasteiger partial charge in [0.25, 0.3) is 0 Å². The van der Waals surface area contributed by atoms with Crippen molar-refractivity contribution in [2.75, 3.05) is 11.9 Å². The van der Waals surface area contributed by atoms with Gasteiger partial charge in [0, 0.05) is 19.2 Å². The molecule has 0 unspecified atom stereocenters. The van der Waals surface area contributed by atoms with Crippen LogP contribution < -0.4 is 21.5 Å². The molecule has 1 aliphatic carbocycles. The topological polar surface area (TPSA) is 120 Å². The predicted octanol–water partition coefficient (Wildman–Crippen LogP) is 1.63. The molecular weight excluding hydrogens is 308 g/mol. The molecule has 130 valence electrons. The summed E-state index contributed by atoms with van der Waals surface area (Å²) in [4.78, 5) is 27.3. The van der Waals surface area contributed by atoms with E-state index < -0.39 is 0 Å². The largest absolute Gasteiger partial charge is 0.426 e. The zero-order chi connectivity index (χ0) is 17.5. The quantitative estimate of drug-likeness (QED) is 0.328. The van der Waals surface area contributed by atoms with Gasteiger partial charge in [0.1, 0.15) is 5.75 Å². The van der Waals surface area contributed by atoms with Crippen LogP contribution in [0.15, 0.2) is 29.3 Å². The van der Waals surface area contributed by atoms with Crippen molar-refractivity contribution in [3.8, 4) is 5.75 Å². The van der Waals surface area contributed by atoms with Gasteiger partial charge in [0.15, 0.2) is 5.96 Å². The fourth-order valence-corrected chi connectivity index (χ4v) is 2.82. The molecule has 0 spiro atoms. The standard InChI is InChI=1S/C17H24N4O3/c1-11(22)21-14-6-8-15(9-7-14)24-16(23)13-4-2-12(3-5-13)10-20-17(18)19/h6-9,12-13H,2-5,10H2,1H3,(H,21,22)(H4,18,19,20). The number of anilines is 1. The maximum atomic E-state index is 12.2. The number of carbonyl (C=O) groups is 2. The lowest BCUT2D eigenvalue weighted by molar-refractivity contribution is -0.140. The Hall–Kier alpha value is -2.57. The summed E-state index contributed by atoms with van der Waals surface area (Å²) in [5, 5.41) is 2.67. The van der Waals surface area contributed by atoms with E-state index in [0.29, 0.717) is 23.9 Å². The number of nitrogens with one attached hydrogen (secondary N) is 1. The summed E-state index contributed by atoms with van der Waals surface area (Å²) < 4.78 is 5.43. The second kappa shape index (κ2) is 8.33.